The molecule has 0 radical (unpaired) electrons. The zero-order valence-electron chi connectivity index (χ0n) is 13.9. The molecular formula is C17H14BrN3O2S3. The number of thioether (sulfide) groups is 1. The Morgan fingerprint density at radius 2 is 2.12 bits per heavy atom. The van der Waals surface area contributed by atoms with Gasteiger partial charge in [0.2, 0.25) is 0 Å². The van der Waals surface area contributed by atoms with Gasteiger partial charge >= 0.3 is 0 Å². The first-order valence-corrected chi connectivity index (χ1v) is 10.4. The first-order chi connectivity index (χ1) is 12.4. The molecule has 134 valence electrons. The molecule has 0 unspecified atom stereocenters. The van der Waals surface area contributed by atoms with Gasteiger partial charge in [-0.2, -0.15) is 5.01 Å². The van der Waals surface area contributed by atoms with Gasteiger partial charge in [-0.15, -0.1) is 11.3 Å². The Hall–Kier alpha value is -1.68. The summed E-state index contributed by atoms with van der Waals surface area (Å²) in [6.45, 7) is 0. The number of thiophene rings is 1. The van der Waals surface area contributed by atoms with Crippen LogP contribution in [0.2, 0.25) is 0 Å². The minimum absolute atomic E-state index is 0.301. The van der Waals surface area contributed by atoms with Gasteiger partial charge in [0, 0.05) is 18.6 Å². The van der Waals surface area contributed by atoms with Crippen LogP contribution >= 0.6 is 51.2 Å². The van der Waals surface area contributed by atoms with Gasteiger partial charge in [-0.25, -0.2) is 0 Å². The van der Waals surface area contributed by atoms with Crippen LogP contribution in [0.3, 0.4) is 0 Å². The van der Waals surface area contributed by atoms with Crippen LogP contribution in [-0.2, 0) is 4.79 Å². The van der Waals surface area contributed by atoms with Gasteiger partial charge in [0.1, 0.15) is 0 Å². The van der Waals surface area contributed by atoms with Crippen LogP contribution in [0.1, 0.15) is 15.2 Å². The maximum absolute atomic E-state index is 12.6. The molecule has 0 atom stereocenters. The van der Waals surface area contributed by atoms with E-state index < -0.39 is 0 Å². The number of benzene rings is 1. The van der Waals surface area contributed by atoms with E-state index in [4.69, 9.17) is 12.2 Å². The molecule has 1 aliphatic rings. The van der Waals surface area contributed by atoms with Crippen molar-refractivity contribution in [3.8, 4) is 0 Å². The van der Waals surface area contributed by atoms with Gasteiger partial charge in [0.25, 0.3) is 11.8 Å². The summed E-state index contributed by atoms with van der Waals surface area (Å²) in [4.78, 5) is 27.8. The van der Waals surface area contributed by atoms with Crippen molar-refractivity contribution >= 4 is 79.1 Å². The molecule has 1 saturated heterocycles. The average Bonchev–Trinajstić information content (AvgIpc) is 3.19. The zero-order chi connectivity index (χ0) is 18.8. The summed E-state index contributed by atoms with van der Waals surface area (Å²) in [6.07, 6.45) is 1.76. The van der Waals surface area contributed by atoms with E-state index in [1.54, 1.807) is 23.6 Å². The van der Waals surface area contributed by atoms with Crippen molar-refractivity contribution in [3.05, 3.63) is 55.5 Å². The molecule has 1 N–H and O–H groups in total. The van der Waals surface area contributed by atoms with Gasteiger partial charge < -0.3 is 4.90 Å². The van der Waals surface area contributed by atoms with Crippen molar-refractivity contribution in [1.29, 1.82) is 0 Å². The van der Waals surface area contributed by atoms with Crippen LogP contribution in [0.4, 0.5) is 5.69 Å². The van der Waals surface area contributed by atoms with Gasteiger partial charge in [-0.3, -0.25) is 15.0 Å². The molecule has 0 aliphatic carbocycles. The number of hydrazine groups is 1. The molecule has 2 heterocycles. The van der Waals surface area contributed by atoms with Crippen molar-refractivity contribution in [2.24, 2.45) is 0 Å². The van der Waals surface area contributed by atoms with Gasteiger partial charge in [0.05, 0.1) is 15.5 Å². The third-order valence-electron chi connectivity index (χ3n) is 3.50. The van der Waals surface area contributed by atoms with Gasteiger partial charge in [-0.1, -0.05) is 23.9 Å². The number of nitrogens with one attached hydrogen (secondary N) is 1. The Balaban J connectivity index is 1.79. The Morgan fingerprint density at radius 3 is 2.73 bits per heavy atom. The van der Waals surface area contributed by atoms with E-state index >= 15 is 0 Å². The number of carbonyl (C=O) groups is 2. The third-order valence-corrected chi connectivity index (χ3v) is 6.31. The van der Waals surface area contributed by atoms with E-state index in [-0.39, 0.29) is 11.8 Å². The molecule has 2 amide bonds. The number of hydrogen-bond donors (Lipinski definition) is 1. The third kappa shape index (κ3) is 4.01. The second kappa shape index (κ2) is 7.91. The highest BCUT2D eigenvalue weighted by atomic mass is 79.9. The van der Waals surface area contributed by atoms with Crippen LogP contribution < -0.4 is 10.3 Å². The van der Waals surface area contributed by atoms with E-state index in [9.17, 15) is 9.59 Å². The number of hydrogen-bond acceptors (Lipinski definition) is 6. The van der Waals surface area contributed by atoms with Gasteiger partial charge in [-0.05, 0) is 63.4 Å². The molecule has 1 aromatic heterocycles. The number of nitrogens with zero attached hydrogens (tertiary/aromatic N) is 2. The van der Waals surface area contributed by atoms with Crippen LogP contribution in [-0.4, -0.2) is 35.2 Å². The molecule has 9 heteroatoms. The summed E-state index contributed by atoms with van der Waals surface area (Å²) in [7, 11) is 3.92. The van der Waals surface area contributed by atoms with Crippen LogP contribution in [0.15, 0.2) is 45.1 Å². The topological polar surface area (TPSA) is 52.6 Å². The average molecular weight is 468 g/mol. The first-order valence-electron chi connectivity index (χ1n) is 7.46. The number of carbonyl (C=O) groups excluding carboxylic acids is 2. The molecule has 3 rings (SSSR count). The Morgan fingerprint density at radius 1 is 1.35 bits per heavy atom. The molecule has 0 spiro atoms. The fourth-order valence-corrected chi connectivity index (χ4v) is 4.80. The highest BCUT2D eigenvalue weighted by molar-refractivity contribution is 9.10. The van der Waals surface area contributed by atoms with Gasteiger partial charge in [0.15, 0.2) is 4.32 Å². The predicted octanol–water partition coefficient (Wildman–Crippen LogP) is 4.12. The molecule has 2 aromatic rings. The lowest BCUT2D eigenvalue weighted by atomic mass is 10.2. The molecule has 26 heavy (non-hydrogen) atoms. The lowest BCUT2D eigenvalue weighted by Gasteiger charge is -2.15. The quantitative estimate of drug-likeness (QED) is 0.541. The number of rotatable bonds is 4. The van der Waals surface area contributed by atoms with E-state index in [0.717, 1.165) is 32.5 Å². The van der Waals surface area contributed by atoms with E-state index in [1.165, 1.54) is 11.3 Å². The number of thiocarbonyl (C=S) groups is 1. The summed E-state index contributed by atoms with van der Waals surface area (Å²) < 4.78 is 1.23. The first kappa shape index (κ1) is 19.1. The van der Waals surface area contributed by atoms with Crippen molar-refractivity contribution in [2.75, 3.05) is 19.0 Å². The highest BCUT2D eigenvalue weighted by Crippen LogP contribution is 2.33. The fraction of sp³-hybridized carbons (Fsp3) is 0.118. The zero-order valence-corrected chi connectivity index (χ0v) is 17.9. The molecule has 1 aromatic carbocycles. The second-order valence-corrected chi connectivity index (χ2v) is 9.02. The summed E-state index contributed by atoms with van der Waals surface area (Å²) >= 11 is 11.2. The largest absolute Gasteiger partial charge is 0.377 e. The molecule has 1 aliphatic heterocycles. The SMILES string of the molecule is CN(C)c1ccc(/C=C2\SC(=S)N(NC(=O)c3cccs3)C2=O)cc1Br. The molecule has 1 fully saturated rings. The smallest absolute Gasteiger partial charge is 0.285 e. The molecule has 5 nitrogen and oxygen atoms in total. The predicted molar refractivity (Wildman–Crippen MR) is 115 cm³/mol. The maximum Gasteiger partial charge on any atom is 0.285 e. The monoisotopic (exact) mass is 467 g/mol. The fourth-order valence-electron chi connectivity index (χ4n) is 2.26. The Kier molecular flexibility index (Phi) is 5.81. The van der Waals surface area contributed by atoms with E-state index in [2.05, 4.69) is 21.4 Å². The minimum atomic E-state index is -0.351. The van der Waals surface area contributed by atoms with Crippen molar-refractivity contribution in [2.45, 2.75) is 0 Å². The van der Waals surface area contributed by atoms with E-state index in [1.807, 2.05) is 37.2 Å². The molecular weight excluding hydrogens is 454 g/mol. The Labute approximate surface area is 173 Å². The number of halogens is 1. The highest BCUT2D eigenvalue weighted by Gasteiger charge is 2.33. The normalized spacial score (nSPS) is 15.7. The summed E-state index contributed by atoms with van der Waals surface area (Å²) in [5.41, 5.74) is 4.48. The number of anilines is 1. The van der Waals surface area contributed by atoms with Crippen LogP contribution in [0, 0.1) is 0 Å². The molecule has 0 saturated carbocycles. The van der Waals surface area contributed by atoms with Crippen molar-refractivity contribution in [3.63, 3.8) is 0 Å². The molecule has 0 bridgehead atoms. The summed E-state index contributed by atoms with van der Waals surface area (Å²) in [6, 6.07) is 9.30. The standard InChI is InChI=1S/C17H14BrN3O2S3/c1-20(2)12-6-5-10(8-11(12)18)9-14-16(23)21(17(24)26-14)19-15(22)13-4-3-7-25-13/h3-9H,1-2H3,(H,19,22)/b14-9-. The lowest BCUT2D eigenvalue weighted by Crippen LogP contribution is -2.44. The minimum Gasteiger partial charge on any atom is -0.377 e. The second-order valence-electron chi connectivity index (χ2n) is 5.54. The van der Waals surface area contributed by atoms with Crippen LogP contribution in [0.25, 0.3) is 6.08 Å². The number of amides is 2. The maximum atomic E-state index is 12.6. The summed E-state index contributed by atoms with van der Waals surface area (Å²) in [5.74, 6) is -0.687. The van der Waals surface area contributed by atoms with E-state index in [0.29, 0.717) is 14.1 Å². The van der Waals surface area contributed by atoms with Crippen LogP contribution in [0.5, 0.6) is 0 Å². The Bertz CT molecular complexity index is 910. The summed E-state index contributed by atoms with van der Waals surface area (Å²) in [5, 5.41) is 2.92. The van der Waals surface area contributed by atoms with Crippen molar-refractivity contribution < 1.29 is 9.59 Å². The lowest BCUT2D eigenvalue weighted by molar-refractivity contribution is -0.123. The van der Waals surface area contributed by atoms with Crippen molar-refractivity contribution in [1.82, 2.24) is 10.4 Å².